The molecule has 1 aromatic heterocycles. The van der Waals surface area contributed by atoms with Gasteiger partial charge >= 0.3 is 6.18 Å². The molecule has 6 heteroatoms. The number of halogens is 4. The van der Waals surface area contributed by atoms with Crippen LogP contribution in [-0.4, -0.2) is 0 Å². The molecule has 0 saturated heterocycles. The maximum atomic E-state index is 13.6. The number of thiophene rings is 1. The number of rotatable bonds is 3. The first-order valence-electron chi connectivity index (χ1n) is 5.94. The fourth-order valence-corrected chi connectivity index (χ4v) is 2.75. The van der Waals surface area contributed by atoms with Crippen molar-refractivity contribution in [2.75, 3.05) is 5.32 Å². The van der Waals surface area contributed by atoms with Gasteiger partial charge in [0.2, 0.25) is 0 Å². The van der Waals surface area contributed by atoms with Gasteiger partial charge in [-0.15, -0.1) is 11.3 Å². The molecule has 0 atom stereocenters. The molecule has 1 aromatic carbocycles. The second kappa shape index (κ2) is 5.44. The van der Waals surface area contributed by atoms with Crippen LogP contribution in [0.1, 0.15) is 20.9 Å². The molecule has 0 aliphatic heterocycles. The molecule has 0 amide bonds. The topological polar surface area (TPSA) is 12.0 Å². The van der Waals surface area contributed by atoms with E-state index in [2.05, 4.69) is 5.32 Å². The van der Waals surface area contributed by atoms with Gasteiger partial charge in [-0.1, -0.05) is 0 Å². The fraction of sp³-hybridized carbons (Fsp3) is 0.286. The van der Waals surface area contributed by atoms with Crippen LogP contribution in [-0.2, 0) is 12.7 Å². The van der Waals surface area contributed by atoms with Gasteiger partial charge in [0.05, 0.1) is 11.3 Å². The molecule has 0 radical (unpaired) electrons. The Morgan fingerprint density at radius 2 is 1.85 bits per heavy atom. The van der Waals surface area contributed by atoms with Gasteiger partial charge < -0.3 is 5.32 Å². The van der Waals surface area contributed by atoms with E-state index in [1.807, 2.05) is 19.9 Å². The van der Waals surface area contributed by atoms with E-state index in [-0.39, 0.29) is 5.69 Å². The lowest BCUT2D eigenvalue weighted by Gasteiger charge is -2.10. The summed E-state index contributed by atoms with van der Waals surface area (Å²) in [6.07, 6.45) is -4.53. The Bertz CT molecular complexity index is 597. The van der Waals surface area contributed by atoms with Gasteiger partial charge in [0.15, 0.2) is 0 Å². The average Bonchev–Trinajstić information content (AvgIpc) is 2.66. The molecule has 20 heavy (non-hydrogen) atoms. The highest BCUT2D eigenvalue weighted by Gasteiger charge is 2.31. The van der Waals surface area contributed by atoms with Gasteiger partial charge in [0.1, 0.15) is 5.82 Å². The number of anilines is 1. The number of benzene rings is 1. The van der Waals surface area contributed by atoms with Crippen molar-refractivity contribution in [2.24, 2.45) is 0 Å². The van der Waals surface area contributed by atoms with E-state index in [1.54, 1.807) is 11.3 Å². The zero-order chi connectivity index (χ0) is 14.9. The minimum atomic E-state index is -4.53. The monoisotopic (exact) mass is 303 g/mol. The Balaban J connectivity index is 2.10. The summed E-state index contributed by atoms with van der Waals surface area (Å²) in [6.45, 7) is 4.36. The minimum absolute atomic E-state index is 0.0710. The predicted molar refractivity (Wildman–Crippen MR) is 72.5 cm³/mol. The Labute approximate surface area is 118 Å². The second-order valence-electron chi connectivity index (χ2n) is 4.50. The van der Waals surface area contributed by atoms with Gasteiger partial charge in [-0.2, -0.15) is 13.2 Å². The molecule has 1 nitrogen and oxygen atoms in total. The first-order chi connectivity index (χ1) is 9.27. The third-order valence-corrected chi connectivity index (χ3v) is 4.12. The molecule has 0 bridgehead atoms. The summed E-state index contributed by atoms with van der Waals surface area (Å²) in [5, 5.41) is 2.82. The number of aryl methyl sites for hydroxylation is 2. The minimum Gasteiger partial charge on any atom is -0.378 e. The average molecular weight is 303 g/mol. The molecule has 0 aliphatic carbocycles. The van der Waals surface area contributed by atoms with Gasteiger partial charge in [0.25, 0.3) is 0 Å². The van der Waals surface area contributed by atoms with Crippen LogP contribution < -0.4 is 5.32 Å². The quantitative estimate of drug-likeness (QED) is 0.775. The van der Waals surface area contributed by atoms with Crippen LogP contribution in [0.4, 0.5) is 23.2 Å². The summed E-state index contributed by atoms with van der Waals surface area (Å²) in [5.74, 6) is -0.898. The zero-order valence-corrected chi connectivity index (χ0v) is 11.8. The summed E-state index contributed by atoms with van der Waals surface area (Å²) in [5.41, 5.74) is 0.241. The molecule has 0 aliphatic rings. The maximum absolute atomic E-state index is 13.6. The lowest BCUT2D eigenvalue weighted by molar-refractivity contribution is -0.137. The van der Waals surface area contributed by atoms with Crippen LogP contribution in [0.3, 0.4) is 0 Å². The lowest BCUT2D eigenvalue weighted by atomic mass is 10.2. The molecule has 108 valence electrons. The van der Waals surface area contributed by atoms with Crippen molar-refractivity contribution in [2.45, 2.75) is 26.6 Å². The first kappa shape index (κ1) is 14.8. The molecule has 0 fully saturated rings. The van der Waals surface area contributed by atoms with E-state index in [4.69, 9.17) is 0 Å². The van der Waals surface area contributed by atoms with Gasteiger partial charge in [-0.25, -0.2) is 4.39 Å². The Morgan fingerprint density at radius 3 is 2.35 bits per heavy atom. The van der Waals surface area contributed by atoms with Gasteiger partial charge in [-0.05, 0) is 43.7 Å². The zero-order valence-electron chi connectivity index (χ0n) is 10.9. The number of hydrogen-bond donors (Lipinski definition) is 1. The third-order valence-electron chi connectivity index (χ3n) is 2.97. The third kappa shape index (κ3) is 3.30. The van der Waals surface area contributed by atoms with Crippen LogP contribution in [0, 0.1) is 19.7 Å². The molecule has 0 spiro atoms. The SMILES string of the molecule is Cc1cc(CNc2ccc(C(F)(F)F)cc2F)sc1C. The maximum Gasteiger partial charge on any atom is 0.416 e. The molecule has 0 saturated carbocycles. The Kier molecular flexibility index (Phi) is 4.04. The summed E-state index contributed by atoms with van der Waals surface area (Å²) < 4.78 is 50.8. The van der Waals surface area contributed by atoms with Crippen molar-refractivity contribution in [3.63, 3.8) is 0 Å². The molecule has 2 rings (SSSR count). The van der Waals surface area contributed by atoms with Gasteiger partial charge in [-0.3, -0.25) is 0 Å². The lowest BCUT2D eigenvalue weighted by Crippen LogP contribution is -2.07. The highest BCUT2D eigenvalue weighted by atomic mass is 32.1. The van der Waals surface area contributed by atoms with Crippen LogP contribution >= 0.6 is 11.3 Å². The second-order valence-corrected chi connectivity index (χ2v) is 5.84. The van der Waals surface area contributed by atoms with Crippen molar-refractivity contribution in [1.82, 2.24) is 0 Å². The van der Waals surface area contributed by atoms with E-state index in [1.165, 1.54) is 4.88 Å². The van der Waals surface area contributed by atoms with Crippen molar-refractivity contribution in [3.05, 3.63) is 51.0 Å². The largest absolute Gasteiger partial charge is 0.416 e. The van der Waals surface area contributed by atoms with E-state index < -0.39 is 17.6 Å². The van der Waals surface area contributed by atoms with E-state index in [9.17, 15) is 17.6 Å². The molecular formula is C14H13F4NS. The Morgan fingerprint density at radius 1 is 1.15 bits per heavy atom. The number of hydrogen-bond acceptors (Lipinski definition) is 2. The predicted octanol–water partition coefficient (Wildman–Crippen LogP) is 5.13. The van der Waals surface area contributed by atoms with Crippen molar-refractivity contribution in [1.29, 1.82) is 0 Å². The molecule has 1 N–H and O–H groups in total. The first-order valence-corrected chi connectivity index (χ1v) is 6.75. The molecule has 2 aromatic rings. The summed E-state index contributed by atoms with van der Waals surface area (Å²) in [6, 6.07) is 4.48. The van der Waals surface area contributed by atoms with Crippen LogP contribution in [0.5, 0.6) is 0 Å². The van der Waals surface area contributed by atoms with Crippen LogP contribution in [0.2, 0.25) is 0 Å². The fourth-order valence-electron chi connectivity index (χ4n) is 1.75. The normalized spacial score (nSPS) is 11.7. The van der Waals surface area contributed by atoms with E-state index in [0.29, 0.717) is 12.6 Å². The van der Waals surface area contributed by atoms with Crippen molar-refractivity contribution < 1.29 is 17.6 Å². The summed E-state index contributed by atoms with van der Waals surface area (Å²) in [4.78, 5) is 2.19. The molecule has 0 unspecified atom stereocenters. The highest BCUT2D eigenvalue weighted by Crippen LogP contribution is 2.31. The summed E-state index contributed by atoms with van der Waals surface area (Å²) in [7, 11) is 0. The number of alkyl halides is 3. The van der Waals surface area contributed by atoms with E-state index >= 15 is 0 Å². The summed E-state index contributed by atoms with van der Waals surface area (Å²) >= 11 is 1.58. The van der Waals surface area contributed by atoms with Crippen molar-refractivity contribution >= 4 is 17.0 Å². The van der Waals surface area contributed by atoms with Crippen molar-refractivity contribution in [3.8, 4) is 0 Å². The smallest absolute Gasteiger partial charge is 0.378 e. The van der Waals surface area contributed by atoms with E-state index in [0.717, 1.165) is 22.6 Å². The standard InChI is InChI=1S/C14H13F4NS/c1-8-5-11(20-9(8)2)7-19-13-4-3-10(6-12(13)15)14(16,17)18/h3-6,19H,7H2,1-2H3. The van der Waals surface area contributed by atoms with Crippen LogP contribution in [0.25, 0.3) is 0 Å². The van der Waals surface area contributed by atoms with Crippen LogP contribution in [0.15, 0.2) is 24.3 Å². The number of nitrogens with one attached hydrogen (secondary N) is 1. The Hall–Kier alpha value is -1.56. The van der Waals surface area contributed by atoms with Gasteiger partial charge in [0, 0.05) is 16.3 Å². The molecular weight excluding hydrogens is 290 g/mol. The molecule has 1 heterocycles. The highest BCUT2D eigenvalue weighted by molar-refractivity contribution is 7.12.